The molecule has 0 aromatic heterocycles. The van der Waals surface area contributed by atoms with Gasteiger partial charge in [-0.3, -0.25) is 0 Å². The third-order valence-corrected chi connectivity index (χ3v) is 7.60. The maximum Gasteiger partial charge on any atom is 0.155 e. The molecule has 2 aliphatic rings. The van der Waals surface area contributed by atoms with E-state index in [0.717, 1.165) is 40.5 Å². The van der Waals surface area contributed by atoms with Crippen LogP contribution in [0, 0.1) is 0 Å². The van der Waals surface area contributed by atoms with E-state index in [1.807, 2.05) is 0 Å². The number of allylic oxidation sites excluding steroid dienone is 1. The van der Waals surface area contributed by atoms with Crippen LogP contribution in [-0.4, -0.2) is 0 Å². The molecule has 0 atom stereocenters. The molecule has 1 heterocycles. The molecule has 37 heavy (non-hydrogen) atoms. The highest BCUT2D eigenvalue weighted by atomic mass is 16.5. The van der Waals surface area contributed by atoms with Gasteiger partial charge in [0.05, 0.1) is 11.4 Å². The lowest BCUT2D eigenvalue weighted by molar-refractivity contribution is 0.473. The average molecular weight is 474 g/mol. The molecule has 8 rings (SSSR count). The highest BCUT2D eigenvalue weighted by Crippen LogP contribution is 2.55. The van der Waals surface area contributed by atoms with Crippen molar-refractivity contribution in [2.45, 2.75) is 6.42 Å². The van der Waals surface area contributed by atoms with Crippen molar-refractivity contribution < 1.29 is 4.74 Å². The summed E-state index contributed by atoms with van der Waals surface area (Å²) < 4.78 is 6.82. The first-order chi connectivity index (χ1) is 18.3. The van der Waals surface area contributed by atoms with Crippen LogP contribution in [0.4, 0.5) is 17.1 Å². The van der Waals surface area contributed by atoms with Crippen LogP contribution in [0.3, 0.4) is 0 Å². The normalized spacial score (nSPS) is 13.4. The van der Waals surface area contributed by atoms with Crippen molar-refractivity contribution in [2.24, 2.45) is 0 Å². The minimum absolute atomic E-state index is 0.857. The van der Waals surface area contributed by atoms with Gasteiger partial charge in [-0.2, -0.15) is 0 Å². The van der Waals surface area contributed by atoms with Crippen LogP contribution in [0.25, 0.3) is 38.7 Å². The van der Waals surface area contributed by atoms with Crippen LogP contribution in [0.1, 0.15) is 11.1 Å². The SMILES string of the molecule is C1=Cc2cccc3cc4c(c(c23)C1)Oc1cc(-c2ccccc2)ccc1N4c1ccc2ccccc2c1. The Bertz CT molecular complexity index is 1880. The monoisotopic (exact) mass is 473 g/mol. The minimum Gasteiger partial charge on any atom is -0.453 e. The predicted molar refractivity (Wildman–Crippen MR) is 154 cm³/mol. The Hall–Kier alpha value is -4.82. The number of rotatable bonds is 2. The molecule has 0 saturated heterocycles. The maximum absolute atomic E-state index is 6.82. The number of nitrogens with zero attached hydrogens (tertiary/aromatic N) is 1. The second-order valence-electron chi connectivity index (χ2n) is 9.77. The maximum atomic E-state index is 6.82. The lowest BCUT2D eigenvalue weighted by atomic mass is 9.90. The minimum atomic E-state index is 0.857. The van der Waals surface area contributed by atoms with Crippen LogP contribution < -0.4 is 9.64 Å². The summed E-state index contributed by atoms with van der Waals surface area (Å²) in [5.74, 6) is 1.83. The summed E-state index contributed by atoms with van der Waals surface area (Å²) in [5.41, 5.74) is 8.12. The molecule has 0 saturated carbocycles. The molecule has 1 aliphatic carbocycles. The summed E-state index contributed by atoms with van der Waals surface area (Å²) in [6, 6.07) is 41.2. The van der Waals surface area contributed by atoms with E-state index < -0.39 is 0 Å². The van der Waals surface area contributed by atoms with Crippen molar-refractivity contribution >= 4 is 44.7 Å². The van der Waals surface area contributed by atoms with Gasteiger partial charge in [0.25, 0.3) is 0 Å². The van der Waals surface area contributed by atoms with E-state index >= 15 is 0 Å². The number of anilines is 3. The quantitative estimate of drug-likeness (QED) is 0.248. The molecule has 0 fully saturated rings. The van der Waals surface area contributed by atoms with Crippen molar-refractivity contribution in [2.75, 3.05) is 4.90 Å². The van der Waals surface area contributed by atoms with E-state index in [4.69, 9.17) is 4.74 Å². The summed E-state index contributed by atoms with van der Waals surface area (Å²) >= 11 is 0. The Labute approximate surface area is 215 Å². The third kappa shape index (κ3) is 3.12. The first kappa shape index (κ1) is 20.4. The molecule has 0 unspecified atom stereocenters. The zero-order valence-electron chi connectivity index (χ0n) is 20.2. The Morgan fingerprint density at radius 3 is 2.35 bits per heavy atom. The largest absolute Gasteiger partial charge is 0.453 e. The standard InChI is InChI=1S/C35H23NO/c1-2-8-23(9-3-1)27-17-19-31-33(22-27)37-35-30-15-7-13-25-12-6-14-28(34(25)30)21-32(35)36(31)29-18-16-24-10-4-5-11-26(24)20-29/h1-14,16-22H,15H2. The summed E-state index contributed by atoms with van der Waals surface area (Å²) in [4.78, 5) is 2.37. The molecule has 1 aliphatic heterocycles. The van der Waals surface area contributed by atoms with Crippen molar-refractivity contribution in [1.29, 1.82) is 0 Å². The van der Waals surface area contributed by atoms with Crippen LogP contribution in [0.2, 0.25) is 0 Å². The van der Waals surface area contributed by atoms with Gasteiger partial charge in [0, 0.05) is 11.3 Å². The average Bonchev–Trinajstić information content (AvgIpc) is 2.96. The number of benzene rings is 6. The van der Waals surface area contributed by atoms with E-state index in [9.17, 15) is 0 Å². The van der Waals surface area contributed by atoms with Crippen molar-refractivity contribution in [3.05, 3.63) is 132 Å². The highest BCUT2D eigenvalue weighted by Gasteiger charge is 2.30. The molecule has 0 amide bonds. The molecule has 2 nitrogen and oxygen atoms in total. The van der Waals surface area contributed by atoms with Crippen LogP contribution in [0.15, 0.2) is 121 Å². The zero-order chi connectivity index (χ0) is 24.3. The van der Waals surface area contributed by atoms with Gasteiger partial charge < -0.3 is 9.64 Å². The second-order valence-corrected chi connectivity index (χ2v) is 9.77. The molecular formula is C35H23NO. The molecular weight excluding hydrogens is 450 g/mol. The Balaban J connectivity index is 1.41. The molecule has 0 N–H and O–H groups in total. The topological polar surface area (TPSA) is 12.5 Å². The molecule has 0 spiro atoms. The van der Waals surface area contributed by atoms with Gasteiger partial charge in [-0.05, 0) is 75.0 Å². The highest BCUT2D eigenvalue weighted by molar-refractivity contribution is 6.03. The van der Waals surface area contributed by atoms with Crippen LogP contribution >= 0.6 is 0 Å². The van der Waals surface area contributed by atoms with E-state index in [-0.39, 0.29) is 0 Å². The number of ether oxygens (including phenoxy) is 1. The molecule has 6 aromatic carbocycles. The van der Waals surface area contributed by atoms with Crippen LogP contribution in [-0.2, 0) is 6.42 Å². The first-order valence-corrected chi connectivity index (χ1v) is 12.7. The number of fused-ring (bicyclic) bond motifs is 4. The fraction of sp³-hybridized carbons (Fsp3) is 0.0286. The second kappa shape index (κ2) is 7.84. The van der Waals surface area contributed by atoms with Gasteiger partial charge in [0.2, 0.25) is 0 Å². The summed E-state index contributed by atoms with van der Waals surface area (Å²) in [7, 11) is 0. The molecule has 0 bridgehead atoms. The Morgan fingerprint density at radius 1 is 0.595 bits per heavy atom. The summed E-state index contributed by atoms with van der Waals surface area (Å²) in [5, 5.41) is 5.00. The van der Waals surface area contributed by atoms with E-state index in [1.165, 1.54) is 38.2 Å². The molecule has 0 radical (unpaired) electrons. The Kier molecular flexibility index (Phi) is 4.32. The lowest BCUT2D eigenvalue weighted by Crippen LogP contribution is -2.17. The predicted octanol–water partition coefficient (Wildman–Crippen LogP) is 9.80. The van der Waals surface area contributed by atoms with Crippen molar-refractivity contribution in [1.82, 2.24) is 0 Å². The van der Waals surface area contributed by atoms with Crippen molar-refractivity contribution in [3.8, 4) is 22.6 Å². The lowest BCUT2D eigenvalue weighted by Gasteiger charge is -2.35. The van der Waals surface area contributed by atoms with Gasteiger partial charge in [-0.1, -0.05) is 97.1 Å². The van der Waals surface area contributed by atoms with Gasteiger partial charge in [-0.15, -0.1) is 0 Å². The van der Waals surface area contributed by atoms with Gasteiger partial charge in [0.1, 0.15) is 0 Å². The van der Waals surface area contributed by atoms with Crippen LogP contribution in [0.5, 0.6) is 11.5 Å². The fourth-order valence-electron chi connectivity index (χ4n) is 5.88. The third-order valence-electron chi connectivity index (χ3n) is 7.60. The van der Waals surface area contributed by atoms with Gasteiger partial charge >= 0.3 is 0 Å². The van der Waals surface area contributed by atoms with E-state index in [2.05, 4.69) is 132 Å². The number of hydrogen-bond acceptors (Lipinski definition) is 2. The van der Waals surface area contributed by atoms with Gasteiger partial charge in [0.15, 0.2) is 11.5 Å². The molecule has 6 aromatic rings. The van der Waals surface area contributed by atoms with Gasteiger partial charge in [-0.25, -0.2) is 0 Å². The van der Waals surface area contributed by atoms with E-state index in [0.29, 0.717) is 0 Å². The van der Waals surface area contributed by atoms with E-state index in [1.54, 1.807) is 0 Å². The zero-order valence-corrected chi connectivity index (χ0v) is 20.2. The summed E-state index contributed by atoms with van der Waals surface area (Å²) in [6.07, 6.45) is 5.33. The first-order valence-electron chi connectivity index (χ1n) is 12.7. The fourth-order valence-corrected chi connectivity index (χ4v) is 5.88. The van der Waals surface area contributed by atoms with Crippen molar-refractivity contribution in [3.63, 3.8) is 0 Å². The number of hydrogen-bond donors (Lipinski definition) is 0. The molecule has 174 valence electrons. The smallest absolute Gasteiger partial charge is 0.155 e. The molecule has 2 heteroatoms. The summed E-state index contributed by atoms with van der Waals surface area (Å²) in [6.45, 7) is 0. The Morgan fingerprint density at radius 2 is 1.43 bits per heavy atom.